The van der Waals surface area contributed by atoms with Crippen LogP contribution in [0, 0.1) is 0 Å². The summed E-state index contributed by atoms with van der Waals surface area (Å²) in [5.41, 5.74) is 7.50. The molecular weight excluding hydrogens is 254 g/mol. The van der Waals surface area contributed by atoms with Crippen LogP contribution >= 0.6 is 0 Å². The molecule has 2 aromatic rings. The van der Waals surface area contributed by atoms with Crippen LogP contribution in [0.15, 0.2) is 42.6 Å². The number of rotatable bonds is 5. The van der Waals surface area contributed by atoms with Crippen LogP contribution in [0.25, 0.3) is 0 Å². The Bertz CT molecular complexity index is 614. The number of primary amides is 1. The molecular formula is C15H17N3O2. The van der Waals surface area contributed by atoms with Crippen LogP contribution in [0.2, 0.25) is 0 Å². The topological polar surface area (TPSA) is 68.4 Å². The number of carbonyl (C=O) groups is 1. The third-order valence-electron chi connectivity index (χ3n) is 2.99. The second-order valence-electron chi connectivity index (χ2n) is 4.47. The average Bonchev–Trinajstić information content (AvgIpc) is 2.47. The van der Waals surface area contributed by atoms with Crippen molar-refractivity contribution >= 4 is 11.6 Å². The predicted molar refractivity (Wildman–Crippen MR) is 77.9 cm³/mol. The molecule has 0 aliphatic heterocycles. The normalized spacial score (nSPS) is 10.1. The predicted octanol–water partition coefficient (Wildman–Crippen LogP) is 1.83. The molecule has 0 bridgehead atoms. The first kappa shape index (κ1) is 13.9. The zero-order chi connectivity index (χ0) is 14.5. The number of pyridine rings is 1. The molecule has 0 radical (unpaired) electrons. The molecule has 5 nitrogen and oxygen atoms in total. The van der Waals surface area contributed by atoms with Crippen LogP contribution in [-0.2, 0) is 6.54 Å². The van der Waals surface area contributed by atoms with Crippen molar-refractivity contribution in [3.05, 3.63) is 53.9 Å². The quantitative estimate of drug-likeness (QED) is 0.900. The fourth-order valence-electron chi connectivity index (χ4n) is 1.93. The number of hydrogen-bond acceptors (Lipinski definition) is 4. The smallest absolute Gasteiger partial charge is 0.267 e. The molecule has 1 amide bonds. The van der Waals surface area contributed by atoms with Gasteiger partial charge in [-0.15, -0.1) is 0 Å². The van der Waals surface area contributed by atoms with Gasteiger partial charge in [-0.3, -0.25) is 9.78 Å². The maximum atomic E-state index is 11.1. The van der Waals surface area contributed by atoms with Crippen molar-refractivity contribution in [2.45, 2.75) is 6.54 Å². The molecule has 1 heterocycles. The van der Waals surface area contributed by atoms with Crippen molar-refractivity contribution in [2.75, 3.05) is 19.1 Å². The number of amides is 1. The first-order chi connectivity index (χ1) is 9.60. The molecule has 0 fully saturated rings. The largest absolute Gasteiger partial charge is 0.497 e. The van der Waals surface area contributed by atoms with Gasteiger partial charge in [0.2, 0.25) is 0 Å². The molecule has 1 aromatic carbocycles. The Labute approximate surface area is 118 Å². The monoisotopic (exact) mass is 271 g/mol. The molecule has 0 atom stereocenters. The van der Waals surface area contributed by atoms with Gasteiger partial charge in [0, 0.05) is 25.5 Å². The fourth-order valence-corrected chi connectivity index (χ4v) is 1.93. The van der Waals surface area contributed by atoms with Crippen LogP contribution in [0.1, 0.15) is 16.1 Å². The number of ether oxygens (including phenoxy) is 1. The number of aromatic nitrogens is 1. The lowest BCUT2D eigenvalue weighted by atomic mass is 10.2. The number of methoxy groups -OCH3 is 1. The highest BCUT2D eigenvalue weighted by molar-refractivity contribution is 5.91. The van der Waals surface area contributed by atoms with Gasteiger partial charge in [-0.2, -0.15) is 0 Å². The summed E-state index contributed by atoms with van der Waals surface area (Å²) in [7, 11) is 3.59. The minimum Gasteiger partial charge on any atom is -0.497 e. The molecule has 0 saturated heterocycles. The van der Waals surface area contributed by atoms with Crippen molar-refractivity contribution in [2.24, 2.45) is 5.73 Å². The summed E-state index contributed by atoms with van der Waals surface area (Å²) in [6.45, 7) is 0.694. The van der Waals surface area contributed by atoms with Gasteiger partial charge < -0.3 is 15.4 Å². The highest BCUT2D eigenvalue weighted by atomic mass is 16.5. The van der Waals surface area contributed by atoms with E-state index in [-0.39, 0.29) is 5.69 Å². The summed E-state index contributed by atoms with van der Waals surface area (Å²) in [5, 5.41) is 0. The van der Waals surface area contributed by atoms with E-state index in [1.54, 1.807) is 19.4 Å². The standard InChI is InChI=1S/C15H17N3O2/c1-18(10-11-4-3-5-13(8-11)20-2)12-6-7-17-14(9-12)15(16)19/h3-9H,10H2,1-2H3,(H2,16,19). The highest BCUT2D eigenvalue weighted by Gasteiger charge is 2.07. The average molecular weight is 271 g/mol. The van der Waals surface area contributed by atoms with E-state index >= 15 is 0 Å². The van der Waals surface area contributed by atoms with Gasteiger partial charge in [0.05, 0.1) is 7.11 Å². The van der Waals surface area contributed by atoms with E-state index in [4.69, 9.17) is 10.5 Å². The first-order valence-corrected chi connectivity index (χ1v) is 6.20. The molecule has 0 saturated carbocycles. The van der Waals surface area contributed by atoms with Gasteiger partial charge in [0.25, 0.3) is 5.91 Å². The van der Waals surface area contributed by atoms with Gasteiger partial charge in [0.15, 0.2) is 0 Å². The Morgan fingerprint density at radius 3 is 2.85 bits per heavy atom. The van der Waals surface area contributed by atoms with Gasteiger partial charge >= 0.3 is 0 Å². The molecule has 20 heavy (non-hydrogen) atoms. The Kier molecular flexibility index (Phi) is 4.20. The minimum atomic E-state index is -0.526. The second kappa shape index (κ2) is 6.06. The van der Waals surface area contributed by atoms with Crippen molar-refractivity contribution < 1.29 is 9.53 Å². The lowest BCUT2D eigenvalue weighted by Crippen LogP contribution is -2.18. The third kappa shape index (κ3) is 3.26. The van der Waals surface area contributed by atoms with E-state index in [1.165, 1.54) is 0 Å². The Balaban J connectivity index is 2.16. The maximum Gasteiger partial charge on any atom is 0.267 e. The highest BCUT2D eigenvalue weighted by Crippen LogP contribution is 2.18. The molecule has 1 aromatic heterocycles. The van der Waals surface area contributed by atoms with Crippen molar-refractivity contribution in [3.8, 4) is 5.75 Å². The lowest BCUT2D eigenvalue weighted by Gasteiger charge is -2.20. The van der Waals surface area contributed by atoms with E-state index in [1.807, 2.05) is 42.3 Å². The Morgan fingerprint density at radius 1 is 1.35 bits per heavy atom. The van der Waals surface area contributed by atoms with Crippen molar-refractivity contribution in [1.29, 1.82) is 0 Å². The van der Waals surface area contributed by atoms with Crippen LogP contribution in [-0.4, -0.2) is 25.0 Å². The van der Waals surface area contributed by atoms with Crippen LogP contribution in [0.4, 0.5) is 5.69 Å². The third-order valence-corrected chi connectivity index (χ3v) is 2.99. The summed E-state index contributed by atoms with van der Waals surface area (Å²) in [4.78, 5) is 17.1. The summed E-state index contributed by atoms with van der Waals surface area (Å²) in [6.07, 6.45) is 1.58. The summed E-state index contributed by atoms with van der Waals surface area (Å²) < 4.78 is 5.20. The molecule has 104 valence electrons. The van der Waals surface area contributed by atoms with E-state index < -0.39 is 5.91 Å². The molecule has 2 N–H and O–H groups in total. The Hall–Kier alpha value is -2.56. The first-order valence-electron chi connectivity index (χ1n) is 6.20. The van der Waals surface area contributed by atoms with Crippen molar-refractivity contribution in [1.82, 2.24) is 4.98 Å². The number of carbonyl (C=O) groups excluding carboxylic acids is 1. The van der Waals surface area contributed by atoms with Gasteiger partial charge in [-0.25, -0.2) is 0 Å². The number of hydrogen-bond donors (Lipinski definition) is 1. The van der Waals surface area contributed by atoms with Gasteiger partial charge in [0.1, 0.15) is 11.4 Å². The zero-order valence-corrected chi connectivity index (χ0v) is 11.5. The van der Waals surface area contributed by atoms with E-state index in [0.717, 1.165) is 17.0 Å². The Morgan fingerprint density at radius 2 is 2.15 bits per heavy atom. The summed E-state index contributed by atoms with van der Waals surface area (Å²) >= 11 is 0. The molecule has 0 unspecified atom stereocenters. The molecule has 0 aliphatic rings. The number of nitrogens with zero attached hydrogens (tertiary/aromatic N) is 2. The van der Waals surface area contributed by atoms with E-state index in [0.29, 0.717) is 6.54 Å². The number of nitrogens with two attached hydrogens (primary N) is 1. The molecule has 0 aliphatic carbocycles. The van der Waals surface area contributed by atoms with Crippen molar-refractivity contribution in [3.63, 3.8) is 0 Å². The second-order valence-corrected chi connectivity index (χ2v) is 4.47. The maximum absolute atomic E-state index is 11.1. The van der Waals surface area contributed by atoms with Gasteiger partial charge in [-0.1, -0.05) is 12.1 Å². The number of anilines is 1. The van der Waals surface area contributed by atoms with Gasteiger partial charge in [-0.05, 0) is 29.8 Å². The SMILES string of the molecule is COc1cccc(CN(C)c2ccnc(C(N)=O)c2)c1. The fraction of sp³-hybridized carbons (Fsp3) is 0.200. The molecule has 0 spiro atoms. The van der Waals surface area contributed by atoms with Crippen LogP contribution < -0.4 is 15.4 Å². The van der Waals surface area contributed by atoms with Crippen LogP contribution in [0.3, 0.4) is 0 Å². The van der Waals surface area contributed by atoms with Crippen LogP contribution in [0.5, 0.6) is 5.75 Å². The zero-order valence-electron chi connectivity index (χ0n) is 11.5. The minimum absolute atomic E-state index is 0.264. The van der Waals surface area contributed by atoms with E-state index in [2.05, 4.69) is 4.98 Å². The summed E-state index contributed by atoms with van der Waals surface area (Å²) in [6, 6.07) is 11.4. The molecule has 5 heteroatoms. The number of benzene rings is 1. The lowest BCUT2D eigenvalue weighted by molar-refractivity contribution is 0.0995. The molecule has 2 rings (SSSR count). The van der Waals surface area contributed by atoms with E-state index in [9.17, 15) is 4.79 Å². The summed E-state index contributed by atoms with van der Waals surface area (Å²) in [5.74, 6) is 0.296.